The van der Waals surface area contributed by atoms with Crippen molar-refractivity contribution in [3.05, 3.63) is 62.6 Å². The second kappa shape index (κ2) is 6.39. The largest absolute Gasteiger partial charge is 0.275 e. The molecule has 0 amide bonds. The van der Waals surface area contributed by atoms with Crippen molar-refractivity contribution in [3.8, 4) is 0 Å². The van der Waals surface area contributed by atoms with Gasteiger partial charge in [-0.1, -0.05) is 34.8 Å². The summed E-state index contributed by atoms with van der Waals surface area (Å²) in [5.74, 6) is -1.37. The van der Waals surface area contributed by atoms with Gasteiger partial charge in [-0.2, -0.15) is 5.10 Å². The van der Waals surface area contributed by atoms with E-state index in [9.17, 15) is 8.78 Å². The second-order valence-electron chi connectivity index (χ2n) is 3.78. The lowest BCUT2D eigenvalue weighted by Crippen LogP contribution is -1.95. The summed E-state index contributed by atoms with van der Waals surface area (Å²) in [6.45, 7) is 0. The fourth-order valence-corrected chi connectivity index (χ4v) is 2.32. The molecule has 0 aliphatic rings. The molecule has 2 aromatic carbocycles. The molecule has 0 fully saturated rings. The van der Waals surface area contributed by atoms with Gasteiger partial charge in [0.25, 0.3) is 0 Å². The summed E-state index contributed by atoms with van der Waals surface area (Å²) < 4.78 is 26.1. The fourth-order valence-electron chi connectivity index (χ4n) is 1.42. The van der Waals surface area contributed by atoms with Crippen LogP contribution in [0.4, 0.5) is 14.5 Å². The summed E-state index contributed by atoms with van der Waals surface area (Å²) in [6, 6.07) is 6.15. The number of anilines is 1. The lowest BCUT2D eigenvalue weighted by Gasteiger charge is -2.06. The highest BCUT2D eigenvalue weighted by Crippen LogP contribution is 2.33. The maximum Gasteiger partial charge on any atom is 0.134 e. The Morgan fingerprint density at radius 2 is 1.65 bits per heavy atom. The average Bonchev–Trinajstić information content (AvgIpc) is 2.34. The zero-order valence-electron chi connectivity index (χ0n) is 9.80. The highest BCUT2D eigenvalue weighted by atomic mass is 35.5. The number of hydrogen-bond acceptors (Lipinski definition) is 2. The molecule has 0 aliphatic carbocycles. The Kier molecular flexibility index (Phi) is 4.81. The van der Waals surface area contributed by atoms with Gasteiger partial charge in [0.15, 0.2) is 0 Å². The van der Waals surface area contributed by atoms with Crippen LogP contribution in [-0.4, -0.2) is 6.21 Å². The van der Waals surface area contributed by atoms with Gasteiger partial charge in [0, 0.05) is 16.7 Å². The Balaban J connectivity index is 2.18. The zero-order valence-corrected chi connectivity index (χ0v) is 12.1. The molecule has 20 heavy (non-hydrogen) atoms. The third-order valence-electron chi connectivity index (χ3n) is 2.35. The normalized spacial score (nSPS) is 11.1. The Labute approximate surface area is 129 Å². The van der Waals surface area contributed by atoms with Crippen LogP contribution in [0.25, 0.3) is 0 Å². The number of halogens is 5. The molecular weight excluding hydrogens is 329 g/mol. The molecule has 0 bridgehead atoms. The molecule has 0 aliphatic heterocycles. The van der Waals surface area contributed by atoms with E-state index in [-0.39, 0.29) is 15.6 Å². The van der Waals surface area contributed by atoms with Crippen LogP contribution in [-0.2, 0) is 0 Å². The smallest absolute Gasteiger partial charge is 0.134 e. The summed E-state index contributed by atoms with van der Waals surface area (Å²) in [5.41, 5.74) is 3.05. The summed E-state index contributed by atoms with van der Waals surface area (Å²) in [7, 11) is 0. The van der Waals surface area contributed by atoms with E-state index in [1.807, 2.05) is 0 Å². The zero-order chi connectivity index (χ0) is 14.7. The van der Waals surface area contributed by atoms with E-state index >= 15 is 0 Å². The van der Waals surface area contributed by atoms with E-state index in [0.717, 1.165) is 12.1 Å². The number of rotatable bonds is 3. The Hall–Kier alpha value is -1.36. The third kappa shape index (κ3) is 3.60. The van der Waals surface area contributed by atoms with Crippen LogP contribution in [0.15, 0.2) is 35.4 Å². The monoisotopic (exact) mass is 334 g/mol. The minimum Gasteiger partial charge on any atom is -0.275 e. The first-order valence-corrected chi connectivity index (χ1v) is 6.49. The molecule has 0 unspecified atom stereocenters. The van der Waals surface area contributed by atoms with Gasteiger partial charge in [0.2, 0.25) is 0 Å². The molecule has 0 saturated heterocycles. The Morgan fingerprint density at radius 1 is 1.00 bits per heavy atom. The molecule has 0 heterocycles. The summed E-state index contributed by atoms with van der Waals surface area (Å²) >= 11 is 17.6. The predicted molar refractivity (Wildman–Crippen MR) is 79.0 cm³/mol. The van der Waals surface area contributed by atoms with Crippen LogP contribution in [0.2, 0.25) is 15.1 Å². The molecular formula is C13H7Cl3F2N2. The standard InChI is InChI=1S/C13H7Cl3F2N2/c14-8-3-10(15)13(11(16)4-8)20-19-6-7-1-2-9(17)5-12(7)18/h1-6,20H/b19-6-. The highest BCUT2D eigenvalue weighted by molar-refractivity contribution is 6.41. The molecule has 2 aromatic rings. The Bertz CT molecular complexity index is 652. The minimum atomic E-state index is -0.719. The van der Waals surface area contributed by atoms with Crippen LogP contribution < -0.4 is 5.43 Å². The predicted octanol–water partition coefficient (Wildman–Crippen LogP) is 5.37. The van der Waals surface area contributed by atoms with Gasteiger partial charge in [-0.25, -0.2) is 8.78 Å². The maximum atomic E-state index is 13.4. The maximum absolute atomic E-state index is 13.4. The van der Waals surface area contributed by atoms with Crippen LogP contribution >= 0.6 is 34.8 Å². The average molecular weight is 336 g/mol. The minimum absolute atomic E-state index is 0.125. The molecule has 0 radical (unpaired) electrons. The van der Waals surface area contributed by atoms with Crippen LogP contribution in [0, 0.1) is 11.6 Å². The number of nitrogens with zero attached hydrogens (tertiary/aromatic N) is 1. The van der Waals surface area contributed by atoms with Crippen molar-refractivity contribution in [2.24, 2.45) is 5.10 Å². The number of hydrogen-bond donors (Lipinski definition) is 1. The lowest BCUT2D eigenvalue weighted by atomic mass is 10.2. The van der Waals surface area contributed by atoms with Crippen molar-refractivity contribution in [3.63, 3.8) is 0 Å². The lowest BCUT2D eigenvalue weighted by molar-refractivity contribution is 0.582. The summed E-state index contributed by atoms with van der Waals surface area (Å²) in [6.07, 6.45) is 1.19. The number of hydrazone groups is 1. The van der Waals surface area contributed by atoms with Gasteiger partial charge in [0.1, 0.15) is 11.6 Å². The first-order chi connectivity index (χ1) is 9.47. The van der Waals surface area contributed by atoms with Gasteiger partial charge in [-0.05, 0) is 24.3 Å². The number of nitrogens with one attached hydrogen (secondary N) is 1. The van der Waals surface area contributed by atoms with Crippen LogP contribution in [0.3, 0.4) is 0 Å². The molecule has 0 spiro atoms. The van der Waals surface area contributed by atoms with E-state index in [1.54, 1.807) is 0 Å². The molecule has 0 atom stereocenters. The topological polar surface area (TPSA) is 24.4 Å². The van der Waals surface area contributed by atoms with Crippen molar-refractivity contribution in [1.29, 1.82) is 0 Å². The van der Waals surface area contributed by atoms with Crippen LogP contribution in [0.5, 0.6) is 0 Å². The van der Waals surface area contributed by atoms with Crippen LogP contribution in [0.1, 0.15) is 5.56 Å². The Morgan fingerprint density at radius 3 is 2.25 bits per heavy atom. The van der Waals surface area contributed by atoms with Crippen molar-refractivity contribution >= 4 is 46.7 Å². The molecule has 0 aromatic heterocycles. The van der Waals surface area contributed by atoms with Gasteiger partial charge < -0.3 is 0 Å². The third-order valence-corrected chi connectivity index (χ3v) is 3.16. The van der Waals surface area contributed by atoms with Crippen molar-refractivity contribution < 1.29 is 8.78 Å². The molecule has 7 heteroatoms. The van der Waals surface area contributed by atoms with E-state index in [4.69, 9.17) is 34.8 Å². The van der Waals surface area contributed by atoms with E-state index in [0.29, 0.717) is 10.7 Å². The molecule has 0 saturated carbocycles. The SMILES string of the molecule is Fc1ccc(/C=N\Nc2c(Cl)cc(Cl)cc2Cl)c(F)c1. The molecule has 104 valence electrons. The van der Waals surface area contributed by atoms with Gasteiger partial charge >= 0.3 is 0 Å². The molecule has 2 rings (SSSR count). The van der Waals surface area contributed by atoms with Crippen molar-refractivity contribution in [1.82, 2.24) is 0 Å². The fraction of sp³-hybridized carbons (Fsp3) is 0. The molecule has 1 N–H and O–H groups in total. The highest BCUT2D eigenvalue weighted by Gasteiger charge is 2.07. The van der Waals surface area contributed by atoms with E-state index in [2.05, 4.69) is 10.5 Å². The molecule has 2 nitrogen and oxygen atoms in total. The summed E-state index contributed by atoms with van der Waals surface area (Å²) in [4.78, 5) is 0. The van der Waals surface area contributed by atoms with Gasteiger partial charge in [-0.15, -0.1) is 0 Å². The second-order valence-corrected chi connectivity index (χ2v) is 5.03. The van der Waals surface area contributed by atoms with Gasteiger partial charge in [-0.3, -0.25) is 5.43 Å². The number of benzene rings is 2. The first kappa shape index (κ1) is 15.0. The first-order valence-electron chi connectivity index (χ1n) is 5.36. The van der Waals surface area contributed by atoms with E-state index in [1.165, 1.54) is 24.4 Å². The van der Waals surface area contributed by atoms with Crippen molar-refractivity contribution in [2.75, 3.05) is 5.43 Å². The quantitative estimate of drug-likeness (QED) is 0.592. The van der Waals surface area contributed by atoms with Gasteiger partial charge in [0.05, 0.1) is 21.9 Å². The van der Waals surface area contributed by atoms with Crippen molar-refractivity contribution in [2.45, 2.75) is 0 Å². The summed E-state index contributed by atoms with van der Waals surface area (Å²) in [5, 5.41) is 4.75. The van der Waals surface area contributed by atoms with E-state index < -0.39 is 11.6 Å².